The molecular weight excluding hydrogens is 286 g/mol. The highest BCUT2D eigenvalue weighted by Crippen LogP contribution is 2.13. The van der Waals surface area contributed by atoms with Gasteiger partial charge in [0.1, 0.15) is 11.5 Å². The lowest BCUT2D eigenvalue weighted by molar-refractivity contribution is 0.474. The molecule has 2 aromatic carbocycles. The van der Waals surface area contributed by atoms with E-state index in [0.717, 1.165) is 0 Å². The maximum absolute atomic E-state index is 9.57. The fraction of sp³-hybridized carbons (Fsp3) is 0. The number of hydrogen-bond acceptors (Lipinski definition) is 4. The normalized spacial score (nSPS) is 11.0. The highest BCUT2D eigenvalue weighted by atomic mass is 32.1. The van der Waals surface area contributed by atoms with Crippen LogP contribution in [0.4, 0.5) is 0 Å². The molecule has 0 aliphatic rings. The maximum atomic E-state index is 9.57. The quantitative estimate of drug-likeness (QED) is 0.462. The highest BCUT2D eigenvalue weighted by molar-refractivity contribution is 7.80. The number of para-hydroxylation sites is 2. The van der Waals surface area contributed by atoms with Gasteiger partial charge in [-0.05, 0) is 36.5 Å². The van der Waals surface area contributed by atoms with E-state index in [9.17, 15) is 10.2 Å². The van der Waals surface area contributed by atoms with Gasteiger partial charge in [-0.15, -0.1) is 0 Å². The molecule has 0 fully saturated rings. The summed E-state index contributed by atoms with van der Waals surface area (Å²) in [5.74, 6) is 0.258. The number of benzene rings is 2. The lowest BCUT2D eigenvalue weighted by atomic mass is 10.2. The van der Waals surface area contributed by atoms with Crippen LogP contribution in [0.5, 0.6) is 11.5 Å². The molecule has 0 unspecified atom stereocenters. The van der Waals surface area contributed by atoms with Crippen molar-refractivity contribution < 1.29 is 10.2 Å². The average molecular weight is 299 g/mol. The Hall–Kier alpha value is -2.73. The zero-order valence-electron chi connectivity index (χ0n) is 11.0. The largest absolute Gasteiger partial charge is 0.507 e. The van der Waals surface area contributed by atoms with E-state index in [1.807, 2.05) is 0 Å². The number of nitrogens with one attached hydrogen (secondary N) is 1. The van der Waals surface area contributed by atoms with Crippen LogP contribution in [0.25, 0.3) is 0 Å². The topological polar surface area (TPSA) is 77.2 Å². The van der Waals surface area contributed by atoms with Crippen LogP contribution in [0, 0.1) is 0 Å². The zero-order valence-corrected chi connectivity index (χ0v) is 11.8. The van der Waals surface area contributed by atoms with Crippen molar-refractivity contribution in [3.63, 3.8) is 0 Å². The van der Waals surface area contributed by atoms with Crippen molar-refractivity contribution in [1.29, 1.82) is 0 Å². The van der Waals surface area contributed by atoms with Crippen molar-refractivity contribution in [2.45, 2.75) is 0 Å². The summed E-state index contributed by atoms with van der Waals surface area (Å²) in [6, 6.07) is 13.6. The molecule has 3 N–H and O–H groups in total. The zero-order chi connectivity index (χ0) is 15.1. The van der Waals surface area contributed by atoms with E-state index in [-0.39, 0.29) is 16.6 Å². The summed E-state index contributed by atoms with van der Waals surface area (Å²) in [7, 11) is 0. The summed E-state index contributed by atoms with van der Waals surface area (Å²) >= 11 is 4.98. The SMILES string of the molecule is Oc1ccccc1C=NC(=S)N/N=C/c1ccccc1O. The van der Waals surface area contributed by atoms with E-state index < -0.39 is 0 Å². The van der Waals surface area contributed by atoms with Gasteiger partial charge in [0.15, 0.2) is 0 Å². The van der Waals surface area contributed by atoms with Gasteiger partial charge in [0.2, 0.25) is 5.11 Å². The number of aromatic hydroxyl groups is 2. The average Bonchev–Trinajstić information content (AvgIpc) is 2.48. The van der Waals surface area contributed by atoms with Crippen molar-refractivity contribution in [1.82, 2.24) is 5.43 Å². The molecule has 0 spiro atoms. The molecule has 21 heavy (non-hydrogen) atoms. The number of phenolic OH excluding ortho intramolecular Hbond substituents is 2. The lowest BCUT2D eigenvalue weighted by Gasteiger charge is -1.99. The standard InChI is InChI=1S/C15H13N3O2S/c19-13-7-3-1-5-11(13)9-16-15(21)18-17-10-12-6-2-4-8-14(12)20/h1-10,19-20H,(H,18,21)/b16-9?,17-10+. The first-order valence-electron chi connectivity index (χ1n) is 6.10. The summed E-state index contributed by atoms with van der Waals surface area (Å²) in [6.45, 7) is 0. The number of hydrazone groups is 1. The van der Waals surface area contributed by atoms with E-state index in [1.165, 1.54) is 12.4 Å². The minimum Gasteiger partial charge on any atom is -0.507 e. The minimum absolute atomic E-state index is 0.127. The molecule has 6 heteroatoms. The predicted octanol–water partition coefficient (Wildman–Crippen LogP) is 2.43. The van der Waals surface area contributed by atoms with Crippen molar-refractivity contribution in [2.75, 3.05) is 0 Å². The van der Waals surface area contributed by atoms with Crippen LogP contribution in [-0.4, -0.2) is 27.8 Å². The Morgan fingerprint density at radius 1 is 0.905 bits per heavy atom. The fourth-order valence-electron chi connectivity index (χ4n) is 1.51. The Bertz CT molecular complexity index is 699. The smallest absolute Gasteiger partial charge is 0.213 e. The second-order valence-corrected chi connectivity index (χ2v) is 4.44. The van der Waals surface area contributed by atoms with Crippen molar-refractivity contribution >= 4 is 29.8 Å². The Labute approximate surface area is 127 Å². The van der Waals surface area contributed by atoms with Gasteiger partial charge in [0, 0.05) is 17.3 Å². The summed E-state index contributed by atoms with van der Waals surface area (Å²) in [5, 5.41) is 23.1. The summed E-state index contributed by atoms with van der Waals surface area (Å²) in [6.07, 6.45) is 2.89. The Morgan fingerprint density at radius 3 is 2.00 bits per heavy atom. The number of aliphatic imine (C=N–C) groups is 1. The van der Waals surface area contributed by atoms with Crippen LogP contribution in [0.15, 0.2) is 58.6 Å². The number of thiocarbonyl (C=S) groups is 1. The van der Waals surface area contributed by atoms with Crippen LogP contribution in [0.2, 0.25) is 0 Å². The molecule has 0 aromatic heterocycles. The fourth-order valence-corrected chi connectivity index (χ4v) is 1.61. The molecule has 0 radical (unpaired) electrons. The third-order valence-electron chi connectivity index (χ3n) is 2.56. The highest BCUT2D eigenvalue weighted by Gasteiger charge is 1.97. The molecule has 0 bridgehead atoms. The summed E-state index contributed by atoms with van der Waals surface area (Å²) < 4.78 is 0. The molecule has 0 heterocycles. The first kappa shape index (κ1) is 14.7. The molecule has 0 aliphatic heterocycles. The molecule has 106 valence electrons. The lowest BCUT2D eigenvalue weighted by Crippen LogP contribution is -2.12. The monoisotopic (exact) mass is 299 g/mol. The molecule has 5 nitrogen and oxygen atoms in total. The van der Waals surface area contributed by atoms with Crippen molar-refractivity contribution in [3.05, 3.63) is 59.7 Å². The van der Waals surface area contributed by atoms with Crippen molar-refractivity contribution in [3.8, 4) is 11.5 Å². The second kappa shape index (κ2) is 7.16. The van der Waals surface area contributed by atoms with Gasteiger partial charge >= 0.3 is 0 Å². The molecular formula is C15H13N3O2S. The Balaban J connectivity index is 1.94. The first-order chi connectivity index (χ1) is 10.2. The Kier molecular flexibility index (Phi) is 5.00. The van der Waals surface area contributed by atoms with Gasteiger partial charge in [0.25, 0.3) is 0 Å². The van der Waals surface area contributed by atoms with Gasteiger partial charge in [-0.3, -0.25) is 5.43 Å². The molecule has 0 amide bonds. The molecule has 0 saturated heterocycles. The first-order valence-corrected chi connectivity index (χ1v) is 6.51. The molecule has 2 rings (SSSR count). The van der Waals surface area contributed by atoms with Crippen LogP contribution in [0.3, 0.4) is 0 Å². The summed E-state index contributed by atoms with van der Waals surface area (Å²) in [4.78, 5) is 3.97. The maximum Gasteiger partial charge on any atom is 0.213 e. The third-order valence-corrected chi connectivity index (χ3v) is 2.75. The molecule has 2 aromatic rings. The molecule has 0 saturated carbocycles. The van der Waals surface area contributed by atoms with Gasteiger partial charge in [-0.1, -0.05) is 24.3 Å². The number of hydrogen-bond donors (Lipinski definition) is 3. The van der Waals surface area contributed by atoms with Crippen molar-refractivity contribution in [2.24, 2.45) is 10.1 Å². The van der Waals surface area contributed by atoms with Crippen LogP contribution in [-0.2, 0) is 0 Å². The van der Waals surface area contributed by atoms with Gasteiger partial charge < -0.3 is 10.2 Å². The number of rotatable bonds is 3. The van der Waals surface area contributed by atoms with Crippen LogP contribution >= 0.6 is 12.2 Å². The predicted molar refractivity (Wildman–Crippen MR) is 87.1 cm³/mol. The number of phenols is 2. The van der Waals surface area contributed by atoms with Crippen LogP contribution < -0.4 is 5.43 Å². The van der Waals surface area contributed by atoms with E-state index in [2.05, 4.69) is 15.5 Å². The van der Waals surface area contributed by atoms with E-state index >= 15 is 0 Å². The van der Waals surface area contributed by atoms with E-state index in [0.29, 0.717) is 11.1 Å². The van der Waals surface area contributed by atoms with E-state index in [1.54, 1.807) is 48.5 Å². The van der Waals surface area contributed by atoms with E-state index in [4.69, 9.17) is 12.2 Å². The minimum atomic E-state index is 0.127. The molecule has 0 atom stereocenters. The van der Waals surface area contributed by atoms with Gasteiger partial charge in [-0.25, -0.2) is 4.99 Å². The third kappa shape index (κ3) is 4.39. The number of nitrogens with zero attached hydrogens (tertiary/aromatic N) is 2. The second-order valence-electron chi connectivity index (χ2n) is 4.05. The van der Waals surface area contributed by atoms with Gasteiger partial charge in [-0.2, -0.15) is 5.10 Å². The Morgan fingerprint density at radius 2 is 1.43 bits per heavy atom. The van der Waals surface area contributed by atoms with Crippen LogP contribution in [0.1, 0.15) is 11.1 Å². The van der Waals surface area contributed by atoms with Gasteiger partial charge in [0.05, 0.1) is 6.21 Å². The molecule has 0 aliphatic carbocycles. The summed E-state index contributed by atoms with van der Waals surface area (Å²) in [5.41, 5.74) is 3.69.